The highest BCUT2D eigenvalue weighted by molar-refractivity contribution is 4.68. The van der Waals surface area contributed by atoms with Gasteiger partial charge in [-0.3, -0.25) is 4.90 Å². The summed E-state index contributed by atoms with van der Waals surface area (Å²) in [7, 11) is 0. The maximum atomic E-state index is 8.90. The second-order valence-corrected chi connectivity index (χ2v) is 4.11. The van der Waals surface area contributed by atoms with Crippen LogP contribution >= 0.6 is 0 Å². The van der Waals surface area contributed by atoms with Crippen LogP contribution in [0.5, 0.6) is 0 Å². The Labute approximate surface area is 87.7 Å². The lowest BCUT2D eigenvalue weighted by atomic mass is 10.4. The largest absolute Gasteiger partial charge is 0.395 e. The Bertz CT molecular complexity index is 129. The van der Waals surface area contributed by atoms with Crippen molar-refractivity contribution >= 4 is 0 Å². The van der Waals surface area contributed by atoms with E-state index in [1.54, 1.807) is 0 Å². The highest BCUT2D eigenvalue weighted by atomic mass is 16.3. The molecule has 1 aliphatic heterocycles. The van der Waals surface area contributed by atoms with E-state index in [1.165, 1.54) is 38.9 Å². The highest BCUT2D eigenvalue weighted by Crippen LogP contribution is 2.06. The Morgan fingerprint density at radius 3 is 2.43 bits per heavy atom. The maximum Gasteiger partial charge on any atom is 0.0558 e. The number of aliphatic hydroxyl groups is 1. The molecule has 0 unspecified atom stereocenters. The Morgan fingerprint density at radius 1 is 1.14 bits per heavy atom. The molecule has 1 N–H and O–H groups in total. The Kier molecular flexibility index (Phi) is 6.15. The molecule has 1 fully saturated rings. The Hall–Kier alpha value is -0.120. The van der Waals surface area contributed by atoms with E-state index in [-0.39, 0.29) is 0 Å². The first-order valence-electron chi connectivity index (χ1n) is 5.92. The fourth-order valence-corrected chi connectivity index (χ4v) is 2.08. The summed E-state index contributed by atoms with van der Waals surface area (Å²) in [6.45, 7) is 9.29. The van der Waals surface area contributed by atoms with Crippen molar-refractivity contribution in [3.63, 3.8) is 0 Å². The number of hydrogen-bond donors (Lipinski definition) is 1. The Morgan fingerprint density at radius 2 is 1.86 bits per heavy atom. The summed E-state index contributed by atoms with van der Waals surface area (Å²) < 4.78 is 0. The molecule has 0 spiro atoms. The van der Waals surface area contributed by atoms with Gasteiger partial charge in [-0.15, -0.1) is 0 Å². The molecular weight excluding hydrogens is 176 g/mol. The SMILES string of the molecule is CCCN(CCO)CCN1CCCC1. The average Bonchev–Trinajstić information content (AvgIpc) is 2.67. The third kappa shape index (κ3) is 4.40. The molecule has 3 heteroatoms. The zero-order chi connectivity index (χ0) is 10.2. The summed E-state index contributed by atoms with van der Waals surface area (Å²) in [5, 5.41) is 8.90. The lowest BCUT2D eigenvalue weighted by Crippen LogP contribution is -2.35. The van der Waals surface area contributed by atoms with E-state index in [0.717, 1.165) is 19.6 Å². The second-order valence-electron chi connectivity index (χ2n) is 4.11. The van der Waals surface area contributed by atoms with E-state index < -0.39 is 0 Å². The summed E-state index contributed by atoms with van der Waals surface area (Å²) in [4.78, 5) is 4.89. The van der Waals surface area contributed by atoms with Crippen molar-refractivity contribution in [2.24, 2.45) is 0 Å². The third-order valence-corrected chi connectivity index (χ3v) is 2.89. The van der Waals surface area contributed by atoms with Crippen molar-refractivity contribution in [1.82, 2.24) is 9.80 Å². The van der Waals surface area contributed by atoms with Crippen molar-refractivity contribution in [2.45, 2.75) is 26.2 Å². The fraction of sp³-hybridized carbons (Fsp3) is 1.00. The van der Waals surface area contributed by atoms with Crippen LogP contribution in [0, 0.1) is 0 Å². The van der Waals surface area contributed by atoms with Gasteiger partial charge in [0, 0.05) is 19.6 Å². The fourth-order valence-electron chi connectivity index (χ4n) is 2.08. The molecule has 0 radical (unpaired) electrons. The van der Waals surface area contributed by atoms with Crippen LogP contribution in [-0.2, 0) is 0 Å². The molecular formula is C11H24N2O. The summed E-state index contributed by atoms with van der Waals surface area (Å²) >= 11 is 0. The molecule has 0 amide bonds. The summed E-state index contributed by atoms with van der Waals surface area (Å²) in [5.74, 6) is 0. The van der Waals surface area contributed by atoms with Gasteiger partial charge < -0.3 is 10.0 Å². The smallest absolute Gasteiger partial charge is 0.0558 e. The third-order valence-electron chi connectivity index (χ3n) is 2.89. The molecule has 0 bridgehead atoms. The van der Waals surface area contributed by atoms with Crippen molar-refractivity contribution in [2.75, 3.05) is 45.9 Å². The van der Waals surface area contributed by atoms with Crippen LogP contribution in [0.4, 0.5) is 0 Å². The van der Waals surface area contributed by atoms with Crippen LogP contribution in [-0.4, -0.2) is 60.8 Å². The average molecular weight is 200 g/mol. The summed E-state index contributed by atoms with van der Waals surface area (Å²) in [5.41, 5.74) is 0. The first-order chi connectivity index (χ1) is 6.86. The predicted octanol–water partition coefficient (Wildman–Crippen LogP) is 0.786. The van der Waals surface area contributed by atoms with Crippen LogP contribution in [0.2, 0.25) is 0 Å². The molecule has 1 rings (SSSR count). The van der Waals surface area contributed by atoms with Crippen LogP contribution in [0.15, 0.2) is 0 Å². The van der Waals surface area contributed by atoms with Gasteiger partial charge in [0.15, 0.2) is 0 Å². The summed E-state index contributed by atoms with van der Waals surface area (Å²) in [6, 6.07) is 0. The second kappa shape index (κ2) is 7.21. The molecule has 1 heterocycles. The topological polar surface area (TPSA) is 26.7 Å². The minimum atomic E-state index is 0.292. The molecule has 0 aromatic heterocycles. The van der Waals surface area contributed by atoms with Gasteiger partial charge in [0.05, 0.1) is 6.61 Å². The number of likely N-dealkylation sites (tertiary alicyclic amines) is 1. The molecule has 3 nitrogen and oxygen atoms in total. The standard InChI is InChI=1S/C11H24N2O/c1-2-5-12(10-11-14)8-9-13-6-3-4-7-13/h14H,2-11H2,1H3. The van der Waals surface area contributed by atoms with Gasteiger partial charge in [0.2, 0.25) is 0 Å². The van der Waals surface area contributed by atoms with Crippen molar-refractivity contribution in [1.29, 1.82) is 0 Å². The first kappa shape index (κ1) is 12.0. The Balaban J connectivity index is 2.10. The summed E-state index contributed by atoms with van der Waals surface area (Å²) in [6.07, 6.45) is 3.92. The molecule has 84 valence electrons. The van der Waals surface area contributed by atoms with Crippen LogP contribution in [0.3, 0.4) is 0 Å². The van der Waals surface area contributed by atoms with Crippen LogP contribution < -0.4 is 0 Å². The van der Waals surface area contributed by atoms with Gasteiger partial charge in [0.1, 0.15) is 0 Å². The van der Waals surface area contributed by atoms with E-state index in [0.29, 0.717) is 6.61 Å². The van der Waals surface area contributed by atoms with E-state index in [1.807, 2.05) is 0 Å². The highest BCUT2D eigenvalue weighted by Gasteiger charge is 2.12. The minimum Gasteiger partial charge on any atom is -0.395 e. The predicted molar refractivity (Wildman–Crippen MR) is 59.5 cm³/mol. The van der Waals surface area contributed by atoms with Gasteiger partial charge in [-0.2, -0.15) is 0 Å². The van der Waals surface area contributed by atoms with Crippen molar-refractivity contribution < 1.29 is 5.11 Å². The number of aliphatic hydroxyl groups excluding tert-OH is 1. The molecule has 0 aromatic carbocycles. The molecule has 14 heavy (non-hydrogen) atoms. The van der Waals surface area contributed by atoms with Gasteiger partial charge in [-0.25, -0.2) is 0 Å². The molecule has 0 aromatic rings. The zero-order valence-corrected chi connectivity index (χ0v) is 9.41. The quantitative estimate of drug-likeness (QED) is 0.658. The molecule has 0 saturated carbocycles. The van der Waals surface area contributed by atoms with E-state index >= 15 is 0 Å². The van der Waals surface area contributed by atoms with E-state index in [2.05, 4.69) is 16.7 Å². The van der Waals surface area contributed by atoms with Crippen LogP contribution in [0.25, 0.3) is 0 Å². The van der Waals surface area contributed by atoms with Crippen LogP contribution in [0.1, 0.15) is 26.2 Å². The zero-order valence-electron chi connectivity index (χ0n) is 9.41. The maximum absolute atomic E-state index is 8.90. The normalized spacial score (nSPS) is 18.2. The molecule has 0 atom stereocenters. The van der Waals surface area contributed by atoms with Crippen molar-refractivity contribution in [3.05, 3.63) is 0 Å². The van der Waals surface area contributed by atoms with Gasteiger partial charge >= 0.3 is 0 Å². The molecule has 1 aliphatic rings. The first-order valence-corrected chi connectivity index (χ1v) is 5.92. The van der Waals surface area contributed by atoms with Gasteiger partial charge in [-0.05, 0) is 38.9 Å². The van der Waals surface area contributed by atoms with E-state index in [9.17, 15) is 0 Å². The number of hydrogen-bond acceptors (Lipinski definition) is 3. The molecule has 0 aliphatic carbocycles. The van der Waals surface area contributed by atoms with Gasteiger partial charge in [-0.1, -0.05) is 6.92 Å². The molecule has 1 saturated heterocycles. The minimum absolute atomic E-state index is 0.292. The van der Waals surface area contributed by atoms with Crippen molar-refractivity contribution in [3.8, 4) is 0 Å². The number of rotatable bonds is 7. The lowest BCUT2D eigenvalue weighted by molar-refractivity contribution is 0.177. The van der Waals surface area contributed by atoms with E-state index in [4.69, 9.17) is 5.11 Å². The monoisotopic (exact) mass is 200 g/mol. The van der Waals surface area contributed by atoms with Gasteiger partial charge in [0.25, 0.3) is 0 Å². The lowest BCUT2D eigenvalue weighted by Gasteiger charge is -2.23. The number of nitrogens with zero attached hydrogens (tertiary/aromatic N) is 2.